The number of hydrogen-bond donors (Lipinski definition) is 1. The average molecular weight is 334 g/mol. The first-order chi connectivity index (χ1) is 11.5. The van der Waals surface area contributed by atoms with Crippen LogP contribution < -0.4 is 9.47 Å². The minimum absolute atomic E-state index is 0.0109. The van der Waals surface area contributed by atoms with E-state index in [0.717, 1.165) is 5.56 Å². The molecular formula is C18H19FO5. The van der Waals surface area contributed by atoms with Gasteiger partial charge in [0, 0.05) is 0 Å². The van der Waals surface area contributed by atoms with Gasteiger partial charge in [-0.15, -0.1) is 0 Å². The van der Waals surface area contributed by atoms with Crippen LogP contribution in [-0.2, 0) is 9.53 Å². The standard InChI is InChI=1S/C18H19FO5/c1-13-4-2-3-5-17(13)23-10-15(20)11-24-18(21)12-22-16-8-6-14(19)7-9-16/h2-9,15,20H,10-12H2,1H3. The van der Waals surface area contributed by atoms with E-state index in [0.29, 0.717) is 11.5 Å². The number of hydrogen-bond acceptors (Lipinski definition) is 5. The third-order valence-corrected chi connectivity index (χ3v) is 3.13. The van der Waals surface area contributed by atoms with Crippen molar-refractivity contribution >= 4 is 5.97 Å². The topological polar surface area (TPSA) is 65.0 Å². The number of carbonyl (C=O) groups is 1. The zero-order valence-corrected chi connectivity index (χ0v) is 13.3. The van der Waals surface area contributed by atoms with Crippen molar-refractivity contribution in [3.05, 3.63) is 59.9 Å². The second-order valence-corrected chi connectivity index (χ2v) is 5.16. The van der Waals surface area contributed by atoms with Gasteiger partial charge in [-0.3, -0.25) is 0 Å². The number of carbonyl (C=O) groups excluding carboxylic acids is 1. The van der Waals surface area contributed by atoms with Crippen molar-refractivity contribution in [3.63, 3.8) is 0 Å². The number of ether oxygens (including phenoxy) is 3. The van der Waals surface area contributed by atoms with Crippen molar-refractivity contribution < 1.29 is 28.5 Å². The van der Waals surface area contributed by atoms with Gasteiger partial charge in [0.25, 0.3) is 0 Å². The molecule has 2 rings (SSSR count). The molecular weight excluding hydrogens is 315 g/mol. The number of aliphatic hydroxyl groups excluding tert-OH is 1. The summed E-state index contributed by atoms with van der Waals surface area (Å²) >= 11 is 0. The van der Waals surface area contributed by atoms with E-state index in [9.17, 15) is 14.3 Å². The fraction of sp³-hybridized carbons (Fsp3) is 0.278. The van der Waals surface area contributed by atoms with Crippen LogP contribution in [0.25, 0.3) is 0 Å². The minimum Gasteiger partial charge on any atom is -0.490 e. The molecule has 5 nitrogen and oxygen atoms in total. The molecule has 0 aliphatic heterocycles. The van der Waals surface area contributed by atoms with Crippen LogP contribution in [0, 0.1) is 12.7 Å². The highest BCUT2D eigenvalue weighted by Gasteiger charge is 2.11. The smallest absolute Gasteiger partial charge is 0.344 e. The Morgan fingerprint density at radius 3 is 2.50 bits per heavy atom. The number of rotatable bonds is 8. The van der Waals surface area contributed by atoms with Crippen LogP contribution in [-0.4, -0.2) is 37.0 Å². The molecule has 0 aliphatic carbocycles. The number of esters is 1. The maximum atomic E-state index is 12.7. The van der Waals surface area contributed by atoms with Crippen molar-refractivity contribution in [3.8, 4) is 11.5 Å². The van der Waals surface area contributed by atoms with E-state index in [1.165, 1.54) is 24.3 Å². The maximum absolute atomic E-state index is 12.7. The van der Waals surface area contributed by atoms with Crippen LogP contribution in [0.1, 0.15) is 5.56 Å². The quantitative estimate of drug-likeness (QED) is 0.752. The second kappa shape index (κ2) is 8.88. The molecule has 1 unspecified atom stereocenters. The van der Waals surface area contributed by atoms with Crippen molar-refractivity contribution in [1.82, 2.24) is 0 Å². The molecule has 128 valence electrons. The summed E-state index contributed by atoms with van der Waals surface area (Å²) in [7, 11) is 0. The number of benzene rings is 2. The molecule has 24 heavy (non-hydrogen) atoms. The van der Waals surface area contributed by atoms with Crippen molar-refractivity contribution in [1.29, 1.82) is 0 Å². The predicted octanol–water partition coefficient (Wildman–Crippen LogP) is 2.50. The van der Waals surface area contributed by atoms with E-state index in [4.69, 9.17) is 14.2 Å². The summed E-state index contributed by atoms with van der Waals surface area (Å²) in [6, 6.07) is 12.7. The first-order valence-electron chi connectivity index (χ1n) is 7.45. The zero-order valence-electron chi connectivity index (χ0n) is 13.3. The first-order valence-corrected chi connectivity index (χ1v) is 7.45. The summed E-state index contributed by atoms with van der Waals surface area (Å²) in [6.07, 6.45) is -0.945. The highest BCUT2D eigenvalue weighted by atomic mass is 19.1. The number of aliphatic hydroxyl groups is 1. The van der Waals surface area contributed by atoms with Crippen molar-refractivity contribution in [2.45, 2.75) is 13.0 Å². The molecule has 1 N–H and O–H groups in total. The normalized spacial score (nSPS) is 11.6. The Morgan fingerprint density at radius 1 is 1.08 bits per heavy atom. The lowest BCUT2D eigenvalue weighted by atomic mass is 10.2. The van der Waals surface area contributed by atoms with Gasteiger partial charge in [-0.1, -0.05) is 18.2 Å². The molecule has 0 bridgehead atoms. The molecule has 6 heteroatoms. The number of halogens is 1. The highest BCUT2D eigenvalue weighted by molar-refractivity contribution is 5.71. The Morgan fingerprint density at radius 2 is 1.79 bits per heavy atom. The Kier molecular flexibility index (Phi) is 6.57. The van der Waals surface area contributed by atoms with Crippen LogP contribution in [0.15, 0.2) is 48.5 Å². The van der Waals surface area contributed by atoms with E-state index in [1.807, 2.05) is 25.1 Å². The Labute approximate surface area is 139 Å². The molecule has 0 aromatic heterocycles. The molecule has 2 aromatic rings. The summed E-state index contributed by atoms with van der Waals surface area (Å²) in [5.74, 6) is 0.00951. The first kappa shape index (κ1) is 17.7. The molecule has 0 saturated carbocycles. The van der Waals surface area contributed by atoms with Gasteiger partial charge in [0.15, 0.2) is 6.61 Å². The monoisotopic (exact) mass is 334 g/mol. The molecule has 2 aromatic carbocycles. The second-order valence-electron chi connectivity index (χ2n) is 5.16. The van der Waals surface area contributed by atoms with E-state index >= 15 is 0 Å². The van der Waals surface area contributed by atoms with E-state index in [-0.39, 0.29) is 25.6 Å². The predicted molar refractivity (Wildman–Crippen MR) is 85.5 cm³/mol. The third kappa shape index (κ3) is 5.89. The highest BCUT2D eigenvalue weighted by Crippen LogP contribution is 2.16. The van der Waals surface area contributed by atoms with E-state index < -0.39 is 12.1 Å². The van der Waals surface area contributed by atoms with Gasteiger partial charge < -0.3 is 19.3 Å². The number of aryl methyl sites for hydroxylation is 1. The molecule has 0 fully saturated rings. The third-order valence-electron chi connectivity index (χ3n) is 3.13. The van der Waals surface area contributed by atoms with Crippen LogP contribution in [0.2, 0.25) is 0 Å². The zero-order chi connectivity index (χ0) is 17.4. The van der Waals surface area contributed by atoms with Crippen LogP contribution in [0.3, 0.4) is 0 Å². The average Bonchev–Trinajstić information content (AvgIpc) is 2.58. The largest absolute Gasteiger partial charge is 0.490 e. The van der Waals surface area contributed by atoms with E-state index in [1.54, 1.807) is 6.07 Å². The molecule has 1 atom stereocenters. The van der Waals surface area contributed by atoms with Crippen molar-refractivity contribution in [2.75, 3.05) is 19.8 Å². The summed E-state index contributed by atoms with van der Waals surface area (Å²) in [4.78, 5) is 11.5. The van der Waals surface area contributed by atoms with Crippen molar-refractivity contribution in [2.24, 2.45) is 0 Å². The molecule has 0 aliphatic rings. The summed E-state index contributed by atoms with van der Waals surface area (Å²) in [5.41, 5.74) is 0.953. The fourth-order valence-corrected chi connectivity index (χ4v) is 1.86. The molecule has 0 spiro atoms. The lowest BCUT2D eigenvalue weighted by Gasteiger charge is -2.14. The van der Waals surface area contributed by atoms with Gasteiger partial charge in [-0.2, -0.15) is 0 Å². The minimum atomic E-state index is -0.945. The molecule has 0 radical (unpaired) electrons. The molecule has 0 heterocycles. The Hall–Kier alpha value is -2.60. The van der Waals surface area contributed by atoms with Gasteiger partial charge in [-0.05, 0) is 42.8 Å². The molecule has 0 amide bonds. The number of para-hydroxylation sites is 1. The summed E-state index contributed by atoms with van der Waals surface area (Å²) in [5, 5.41) is 9.78. The van der Waals surface area contributed by atoms with Crippen LogP contribution in [0.4, 0.5) is 4.39 Å². The lowest BCUT2D eigenvalue weighted by molar-refractivity contribution is -0.149. The lowest BCUT2D eigenvalue weighted by Crippen LogP contribution is -2.27. The van der Waals surface area contributed by atoms with Crippen LogP contribution in [0.5, 0.6) is 11.5 Å². The van der Waals surface area contributed by atoms with E-state index in [2.05, 4.69) is 0 Å². The summed E-state index contributed by atoms with van der Waals surface area (Å²) < 4.78 is 28.2. The maximum Gasteiger partial charge on any atom is 0.344 e. The SMILES string of the molecule is Cc1ccccc1OCC(O)COC(=O)COc1ccc(F)cc1. The molecule has 0 saturated heterocycles. The van der Waals surface area contributed by atoms with Gasteiger partial charge in [0.1, 0.15) is 36.6 Å². The van der Waals surface area contributed by atoms with Gasteiger partial charge >= 0.3 is 5.97 Å². The summed E-state index contributed by atoms with van der Waals surface area (Å²) in [6.45, 7) is 1.39. The van der Waals surface area contributed by atoms with Gasteiger partial charge in [0.05, 0.1) is 0 Å². The van der Waals surface area contributed by atoms with Crippen LogP contribution >= 0.6 is 0 Å². The Balaban J connectivity index is 1.65. The Bertz CT molecular complexity index is 657. The van der Waals surface area contributed by atoms with Gasteiger partial charge in [0.2, 0.25) is 0 Å². The van der Waals surface area contributed by atoms with Gasteiger partial charge in [-0.25, -0.2) is 9.18 Å². The fourth-order valence-electron chi connectivity index (χ4n) is 1.86.